The monoisotopic (exact) mass is 227 g/mol. The molecular formula is C12H25N3O. The van der Waals surface area contributed by atoms with Crippen molar-refractivity contribution in [3.05, 3.63) is 0 Å². The first-order valence-corrected chi connectivity index (χ1v) is 6.36. The summed E-state index contributed by atoms with van der Waals surface area (Å²) in [6.07, 6.45) is 6.81. The van der Waals surface area contributed by atoms with Crippen LogP contribution in [0.25, 0.3) is 0 Å². The van der Waals surface area contributed by atoms with E-state index < -0.39 is 0 Å². The number of amidine groups is 1. The van der Waals surface area contributed by atoms with Crippen molar-refractivity contribution >= 4 is 5.84 Å². The summed E-state index contributed by atoms with van der Waals surface area (Å²) in [5.41, 5.74) is 5.54. The Balaban J connectivity index is 2.25. The number of hydrogen-bond acceptors (Lipinski definition) is 3. The number of nitrogens with zero attached hydrogens (tertiary/aromatic N) is 1. The molecule has 0 spiro atoms. The summed E-state index contributed by atoms with van der Waals surface area (Å²) in [4.78, 5) is 0. The van der Waals surface area contributed by atoms with Crippen LogP contribution in [0.1, 0.15) is 46.0 Å². The molecule has 1 fully saturated rings. The van der Waals surface area contributed by atoms with Crippen molar-refractivity contribution < 1.29 is 5.21 Å². The van der Waals surface area contributed by atoms with Crippen LogP contribution in [0.3, 0.4) is 0 Å². The molecule has 4 nitrogen and oxygen atoms in total. The highest BCUT2D eigenvalue weighted by Crippen LogP contribution is 2.26. The van der Waals surface area contributed by atoms with Crippen molar-refractivity contribution in [3.8, 4) is 0 Å². The van der Waals surface area contributed by atoms with Crippen LogP contribution in [0.15, 0.2) is 5.16 Å². The van der Waals surface area contributed by atoms with Gasteiger partial charge in [-0.2, -0.15) is 0 Å². The van der Waals surface area contributed by atoms with Crippen LogP contribution in [-0.2, 0) is 0 Å². The molecule has 94 valence electrons. The fourth-order valence-corrected chi connectivity index (χ4v) is 2.37. The topological polar surface area (TPSA) is 70.6 Å². The van der Waals surface area contributed by atoms with E-state index in [-0.39, 0.29) is 5.92 Å². The van der Waals surface area contributed by atoms with E-state index in [1.165, 1.54) is 32.1 Å². The first-order chi connectivity index (χ1) is 7.65. The quantitative estimate of drug-likeness (QED) is 0.291. The molecule has 0 amide bonds. The predicted molar refractivity (Wildman–Crippen MR) is 66.6 cm³/mol. The Morgan fingerprint density at radius 3 is 2.56 bits per heavy atom. The second-order valence-corrected chi connectivity index (χ2v) is 5.02. The van der Waals surface area contributed by atoms with E-state index >= 15 is 0 Å². The maximum Gasteiger partial charge on any atom is 0.143 e. The van der Waals surface area contributed by atoms with E-state index in [1.54, 1.807) is 0 Å². The molecule has 0 heterocycles. The summed E-state index contributed by atoms with van der Waals surface area (Å²) in [7, 11) is 0. The van der Waals surface area contributed by atoms with Gasteiger partial charge in [0.15, 0.2) is 0 Å². The summed E-state index contributed by atoms with van der Waals surface area (Å²) < 4.78 is 0. The lowest BCUT2D eigenvalue weighted by molar-refractivity contribution is 0.277. The normalized spacial score (nSPS) is 23.0. The summed E-state index contributed by atoms with van der Waals surface area (Å²) in [6.45, 7) is 5.00. The molecule has 0 aromatic rings. The summed E-state index contributed by atoms with van der Waals surface area (Å²) in [5, 5.41) is 15.1. The van der Waals surface area contributed by atoms with E-state index in [0.717, 1.165) is 12.5 Å². The third kappa shape index (κ3) is 4.00. The molecule has 4 heteroatoms. The number of nitrogens with one attached hydrogen (secondary N) is 1. The molecule has 1 rings (SSSR count). The molecular weight excluding hydrogens is 202 g/mol. The molecule has 0 saturated heterocycles. The molecule has 2 atom stereocenters. The van der Waals surface area contributed by atoms with Crippen molar-refractivity contribution in [3.63, 3.8) is 0 Å². The van der Waals surface area contributed by atoms with Gasteiger partial charge in [0.2, 0.25) is 0 Å². The van der Waals surface area contributed by atoms with E-state index in [0.29, 0.717) is 11.9 Å². The first-order valence-electron chi connectivity index (χ1n) is 6.36. The Bertz CT molecular complexity index is 224. The van der Waals surface area contributed by atoms with Gasteiger partial charge in [0.05, 0.1) is 0 Å². The number of oxime groups is 1. The molecule has 1 saturated carbocycles. The zero-order chi connectivity index (χ0) is 12.0. The highest BCUT2D eigenvalue weighted by atomic mass is 16.4. The molecule has 0 aromatic heterocycles. The second-order valence-electron chi connectivity index (χ2n) is 5.02. The summed E-state index contributed by atoms with van der Waals surface area (Å²) in [5.74, 6) is 1.20. The minimum absolute atomic E-state index is 0.0936. The average molecular weight is 227 g/mol. The van der Waals surface area contributed by atoms with Gasteiger partial charge >= 0.3 is 0 Å². The van der Waals surface area contributed by atoms with Gasteiger partial charge in [0.25, 0.3) is 0 Å². The van der Waals surface area contributed by atoms with Crippen LogP contribution in [0.4, 0.5) is 0 Å². The largest absolute Gasteiger partial charge is 0.409 e. The van der Waals surface area contributed by atoms with Crippen LogP contribution in [0.5, 0.6) is 0 Å². The van der Waals surface area contributed by atoms with Crippen molar-refractivity contribution in [1.82, 2.24) is 5.32 Å². The Morgan fingerprint density at radius 2 is 2.00 bits per heavy atom. The van der Waals surface area contributed by atoms with Crippen LogP contribution in [0, 0.1) is 11.8 Å². The fraction of sp³-hybridized carbons (Fsp3) is 0.917. The van der Waals surface area contributed by atoms with Gasteiger partial charge in [-0.1, -0.05) is 31.3 Å². The molecule has 0 bridgehead atoms. The maximum absolute atomic E-state index is 8.55. The van der Waals surface area contributed by atoms with Gasteiger partial charge in [-0.25, -0.2) is 0 Å². The van der Waals surface area contributed by atoms with Gasteiger partial charge < -0.3 is 16.3 Å². The standard InChI is InChI=1S/C12H25N3O/c1-9(12(13)15-16)8-14-10(2)11-6-4-3-5-7-11/h9-11,14,16H,3-8H2,1-2H3,(H2,13,15)/t9?,10-/m1/s1. The van der Waals surface area contributed by atoms with Gasteiger partial charge in [-0.3, -0.25) is 0 Å². The smallest absolute Gasteiger partial charge is 0.143 e. The van der Waals surface area contributed by atoms with E-state index in [9.17, 15) is 0 Å². The van der Waals surface area contributed by atoms with Crippen molar-refractivity contribution in [2.75, 3.05) is 6.54 Å². The summed E-state index contributed by atoms with van der Waals surface area (Å²) in [6, 6.07) is 0.536. The maximum atomic E-state index is 8.55. The molecule has 0 aliphatic heterocycles. The Labute approximate surface area is 98.3 Å². The molecule has 1 unspecified atom stereocenters. The number of hydrogen-bond donors (Lipinski definition) is 3. The Kier molecular flexibility index (Phi) is 5.60. The Morgan fingerprint density at radius 1 is 1.38 bits per heavy atom. The Hall–Kier alpha value is -0.770. The van der Waals surface area contributed by atoms with Gasteiger partial charge in [0.1, 0.15) is 5.84 Å². The van der Waals surface area contributed by atoms with E-state index in [1.807, 2.05) is 6.92 Å². The van der Waals surface area contributed by atoms with Crippen molar-refractivity contribution in [2.24, 2.45) is 22.7 Å². The molecule has 1 aliphatic carbocycles. The minimum Gasteiger partial charge on any atom is -0.409 e. The zero-order valence-electron chi connectivity index (χ0n) is 10.4. The van der Waals surface area contributed by atoms with Crippen LogP contribution < -0.4 is 11.1 Å². The van der Waals surface area contributed by atoms with Gasteiger partial charge in [0, 0.05) is 18.5 Å². The van der Waals surface area contributed by atoms with Gasteiger partial charge in [-0.15, -0.1) is 0 Å². The zero-order valence-corrected chi connectivity index (χ0v) is 10.4. The SMILES string of the molecule is CC(CN[C@H](C)C1CCCCC1)C(N)=NO. The first kappa shape index (κ1) is 13.3. The molecule has 0 aromatic carbocycles. The summed E-state index contributed by atoms with van der Waals surface area (Å²) >= 11 is 0. The molecule has 1 aliphatic rings. The van der Waals surface area contributed by atoms with Gasteiger partial charge in [-0.05, 0) is 25.7 Å². The average Bonchev–Trinajstić information content (AvgIpc) is 2.35. The molecule has 16 heavy (non-hydrogen) atoms. The lowest BCUT2D eigenvalue weighted by Crippen LogP contribution is -2.40. The van der Waals surface area contributed by atoms with Crippen molar-refractivity contribution in [2.45, 2.75) is 52.0 Å². The second kappa shape index (κ2) is 6.74. The lowest BCUT2D eigenvalue weighted by Gasteiger charge is -2.29. The fourth-order valence-electron chi connectivity index (χ4n) is 2.37. The third-order valence-corrected chi connectivity index (χ3v) is 3.72. The predicted octanol–water partition coefficient (Wildman–Crippen LogP) is 1.93. The van der Waals surface area contributed by atoms with E-state index in [4.69, 9.17) is 10.9 Å². The molecule has 4 N–H and O–H groups in total. The number of nitrogens with two attached hydrogens (primary N) is 1. The lowest BCUT2D eigenvalue weighted by atomic mass is 9.84. The van der Waals surface area contributed by atoms with Crippen LogP contribution >= 0.6 is 0 Å². The highest BCUT2D eigenvalue weighted by molar-refractivity contribution is 5.82. The van der Waals surface area contributed by atoms with Crippen molar-refractivity contribution in [1.29, 1.82) is 0 Å². The molecule has 0 radical (unpaired) electrons. The van der Waals surface area contributed by atoms with Crippen LogP contribution in [0.2, 0.25) is 0 Å². The minimum atomic E-state index is 0.0936. The third-order valence-electron chi connectivity index (χ3n) is 3.72. The van der Waals surface area contributed by atoms with E-state index in [2.05, 4.69) is 17.4 Å². The highest BCUT2D eigenvalue weighted by Gasteiger charge is 2.20. The number of rotatable bonds is 5. The van der Waals surface area contributed by atoms with Crippen LogP contribution in [-0.4, -0.2) is 23.6 Å².